The standard InChI is InChI=1S/C17H25N3O4/c1-3-7-18-15(22)13-4-5-14(12(2)9-13)19-16(23)20-8-6-17(24,10-20)11-21/h4-5,9,21,24H,3,6-8,10-11H2,1-2H3,(H,18,22)(H,19,23). The topological polar surface area (TPSA) is 102 Å². The molecule has 1 atom stereocenters. The highest BCUT2D eigenvalue weighted by Crippen LogP contribution is 2.23. The lowest BCUT2D eigenvalue weighted by atomic mass is 10.1. The molecule has 1 aliphatic rings. The fourth-order valence-electron chi connectivity index (χ4n) is 2.64. The van der Waals surface area contributed by atoms with Gasteiger partial charge in [0.2, 0.25) is 0 Å². The summed E-state index contributed by atoms with van der Waals surface area (Å²) < 4.78 is 0. The fraction of sp³-hybridized carbons (Fsp3) is 0.529. The number of amides is 3. The number of nitrogens with zero attached hydrogens (tertiary/aromatic N) is 1. The van der Waals surface area contributed by atoms with Crippen LogP contribution >= 0.6 is 0 Å². The smallest absolute Gasteiger partial charge is 0.321 e. The van der Waals surface area contributed by atoms with Crippen LogP contribution in [-0.4, -0.2) is 58.9 Å². The Hall–Kier alpha value is -2.12. The summed E-state index contributed by atoms with van der Waals surface area (Å²) in [6.45, 7) is 4.56. The van der Waals surface area contributed by atoms with Gasteiger partial charge >= 0.3 is 6.03 Å². The zero-order chi connectivity index (χ0) is 17.7. The number of rotatable bonds is 5. The number of benzene rings is 1. The van der Waals surface area contributed by atoms with Gasteiger partial charge in [0.15, 0.2) is 0 Å². The van der Waals surface area contributed by atoms with Crippen molar-refractivity contribution < 1.29 is 19.8 Å². The van der Waals surface area contributed by atoms with Crippen LogP contribution in [0.15, 0.2) is 18.2 Å². The largest absolute Gasteiger partial charge is 0.393 e. The number of hydrogen-bond donors (Lipinski definition) is 4. The molecule has 3 amide bonds. The van der Waals surface area contributed by atoms with Gasteiger partial charge in [0.05, 0.1) is 13.2 Å². The van der Waals surface area contributed by atoms with E-state index in [-0.39, 0.29) is 25.1 Å². The van der Waals surface area contributed by atoms with Gasteiger partial charge in [0, 0.05) is 24.3 Å². The summed E-state index contributed by atoms with van der Waals surface area (Å²) in [6.07, 6.45) is 1.22. The van der Waals surface area contributed by atoms with E-state index in [4.69, 9.17) is 5.11 Å². The van der Waals surface area contributed by atoms with Gasteiger partial charge in [-0.25, -0.2) is 4.79 Å². The predicted molar refractivity (Wildman–Crippen MR) is 91.0 cm³/mol. The van der Waals surface area contributed by atoms with E-state index in [0.29, 0.717) is 30.8 Å². The van der Waals surface area contributed by atoms with Gasteiger partial charge in [-0.2, -0.15) is 0 Å². The second-order valence-corrected chi connectivity index (χ2v) is 6.27. The van der Waals surface area contributed by atoms with Crippen LogP contribution in [0, 0.1) is 6.92 Å². The van der Waals surface area contributed by atoms with Gasteiger partial charge in [-0.05, 0) is 43.5 Å². The molecule has 0 saturated carbocycles. The lowest BCUT2D eigenvalue weighted by Crippen LogP contribution is -2.40. The van der Waals surface area contributed by atoms with Crippen molar-refractivity contribution in [1.82, 2.24) is 10.2 Å². The number of β-amino-alcohol motifs (C(OH)–C–C–N with tert-alkyl or cyclic N) is 1. The van der Waals surface area contributed by atoms with Crippen molar-refractivity contribution in [3.05, 3.63) is 29.3 Å². The third-order valence-electron chi connectivity index (χ3n) is 4.18. The van der Waals surface area contributed by atoms with E-state index in [1.54, 1.807) is 18.2 Å². The third kappa shape index (κ3) is 4.24. The first-order valence-corrected chi connectivity index (χ1v) is 8.16. The number of anilines is 1. The molecule has 4 N–H and O–H groups in total. The third-order valence-corrected chi connectivity index (χ3v) is 4.18. The summed E-state index contributed by atoms with van der Waals surface area (Å²) in [5.74, 6) is -0.134. The predicted octanol–water partition coefficient (Wildman–Crippen LogP) is 1.10. The maximum absolute atomic E-state index is 12.3. The molecule has 0 bridgehead atoms. The van der Waals surface area contributed by atoms with Gasteiger partial charge in [-0.15, -0.1) is 0 Å². The number of carbonyl (C=O) groups is 2. The van der Waals surface area contributed by atoms with Gasteiger partial charge in [-0.1, -0.05) is 6.92 Å². The van der Waals surface area contributed by atoms with Crippen molar-refractivity contribution in [2.45, 2.75) is 32.3 Å². The summed E-state index contributed by atoms with van der Waals surface area (Å²) in [5, 5.41) is 24.7. The molecule has 1 unspecified atom stereocenters. The SMILES string of the molecule is CCCNC(=O)c1ccc(NC(=O)N2CCC(O)(CO)C2)c(C)c1. The maximum Gasteiger partial charge on any atom is 0.321 e. The molecule has 1 aromatic rings. The molecule has 7 nitrogen and oxygen atoms in total. The fourth-order valence-corrected chi connectivity index (χ4v) is 2.64. The van der Waals surface area contributed by atoms with Crippen molar-refractivity contribution in [3.8, 4) is 0 Å². The Morgan fingerprint density at radius 1 is 1.38 bits per heavy atom. The van der Waals surface area contributed by atoms with Crippen molar-refractivity contribution in [2.75, 3.05) is 31.6 Å². The molecule has 0 aromatic heterocycles. The maximum atomic E-state index is 12.3. The van der Waals surface area contributed by atoms with E-state index in [2.05, 4.69) is 10.6 Å². The summed E-state index contributed by atoms with van der Waals surface area (Å²) in [7, 11) is 0. The van der Waals surface area contributed by atoms with Crippen molar-refractivity contribution >= 4 is 17.6 Å². The minimum Gasteiger partial charge on any atom is -0.393 e. The molecule has 1 heterocycles. The van der Waals surface area contributed by atoms with Gasteiger partial charge in [0.25, 0.3) is 5.91 Å². The molecule has 1 fully saturated rings. The number of likely N-dealkylation sites (tertiary alicyclic amines) is 1. The molecule has 24 heavy (non-hydrogen) atoms. The van der Waals surface area contributed by atoms with E-state index in [9.17, 15) is 14.7 Å². The molecular weight excluding hydrogens is 310 g/mol. The Morgan fingerprint density at radius 3 is 2.71 bits per heavy atom. The van der Waals surface area contributed by atoms with Crippen LogP contribution in [0.1, 0.15) is 35.7 Å². The van der Waals surface area contributed by atoms with E-state index < -0.39 is 5.60 Å². The second kappa shape index (κ2) is 7.63. The minimum atomic E-state index is -1.21. The first kappa shape index (κ1) is 18.2. The molecule has 2 rings (SSSR count). The summed E-state index contributed by atoms with van der Waals surface area (Å²) in [6, 6.07) is 4.77. The molecule has 132 valence electrons. The lowest BCUT2D eigenvalue weighted by molar-refractivity contribution is -0.00246. The summed E-state index contributed by atoms with van der Waals surface area (Å²) in [5.41, 5.74) is 0.735. The van der Waals surface area contributed by atoms with Crippen LogP contribution in [0.25, 0.3) is 0 Å². The van der Waals surface area contributed by atoms with E-state index in [1.807, 2.05) is 13.8 Å². The molecule has 0 aliphatic carbocycles. The quantitative estimate of drug-likeness (QED) is 0.647. The Kier molecular flexibility index (Phi) is 5.80. The Labute approximate surface area is 141 Å². The molecule has 1 aromatic carbocycles. The number of nitrogens with one attached hydrogen (secondary N) is 2. The number of aliphatic hydroxyl groups excluding tert-OH is 1. The van der Waals surface area contributed by atoms with Crippen LogP contribution in [0.2, 0.25) is 0 Å². The average Bonchev–Trinajstić information content (AvgIpc) is 2.97. The van der Waals surface area contributed by atoms with Crippen LogP contribution in [-0.2, 0) is 0 Å². The first-order chi connectivity index (χ1) is 11.4. The van der Waals surface area contributed by atoms with Crippen molar-refractivity contribution in [1.29, 1.82) is 0 Å². The molecule has 0 spiro atoms. The highest BCUT2D eigenvalue weighted by Gasteiger charge is 2.37. The normalized spacial score (nSPS) is 20.1. The molecular formula is C17H25N3O4. The van der Waals surface area contributed by atoms with Crippen LogP contribution in [0.3, 0.4) is 0 Å². The first-order valence-electron chi connectivity index (χ1n) is 8.16. The Morgan fingerprint density at radius 2 is 2.12 bits per heavy atom. The van der Waals surface area contributed by atoms with Crippen molar-refractivity contribution in [3.63, 3.8) is 0 Å². The zero-order valence-electron chi connectivity index (χ0n) is 14.1. The number of aliphatic hydroxyl groups is 2. The van der Waals surface area contributed by atoms with E-state index in [1.165, 1.54) is 4.90 Å². The lowest BCUT2D eigenvalue weighted by Gasteiger charge is -2.21. The Bertz CT molecular complexity index is 620. The number of aryl methyl sites for hydroxylation is 1. The second-order valence-electron chi connectivity index (χ2n) is 6.27. The Balaban J connectivity index is 2.00. The molecule has 0 radical (unpaired) electrons. The highest BCUT2D eigenvalue weighted by molar-refractivity contribution is 5.96. The minimum absolute atomic E-state index is 0.103. The van der Waals surface area contributed by atoms with Crippen molar-refractivity contribution in [2.24, 2.45) is 0 Å². The van der Waals surface area contributed by atoms with Crippen LogP contribution in [0.5, 0.6) is 0 Å². The average molecular weight is 335 g/mol. The van der Waals surface area contributed by atoms with Crippen LogP contribution in [0.4, 0.5) is 10.5 Å². The summed E-state index contributed by atoms with van der Waals surface area (Å²) >= 11 is 0. The molecule has 7 heteroatoms. The molecule has 1 aliphatic heterocycles. The number of carbonyl (C=O) groups excluding carboxylic acids is 2. The van der Waals surface area contributed by atoms with Crippen LogP contribution < -0.4 is 10.6 Å². The number of urea groups is 1. The monoisotopic (exact) mass is 335 g/mol. The van der Waals surface area contributed by atoms with E-state index >= 15 is 0 Å². The van der Waals surface area contributed by atoms with Gasteiger partial charge in [0.1, 0.15) is 5.60 Å². The highest BCUT2D eigenvalue weighted by atomic mass is 16.3. The summed E-state index contributed by atoms with van der Waals surface area (Å²) in [4.78, 5) is 25.7. The van der Waals surface area contributed by atoms with E-state index in [0.717, 1.165) is 12.0 Å². The van der Waals surface area contributed by atoms with Gasteiger partial charge in [-0.3, -0.25) is 4.79 Å². The number of hydrogen-bond acceptors (Lipinski definition) is 4. The zero-order valence-corrected chi connectivity index (χ0v) is 14.1. The molecule has 1 saturated heterocycles. The van der Waals surface area contributed by atoms with Gasteiger partial charge < -0.3 is 25.7 Å².